The van der Waals surface area contributed by atoms with Crippen LogP contribution in [0.5, 0.6) is 0 Å². The highest BCUT2D eigenvalue weighted by Crippen LogP contribution is 2.09. The summed E-state index contributed by atoms with van der Waals surface area (Å²) in [6.45, 7) is 5.72. The number of nitrogens with one attached hydrogen (secondary N) is 2. The maximum absolute atomic E-state index is 12.0. The minimum atomic E-state index is -0.384. The highest BCUT2D eigenvalue weighted by Gasteiger charge is 2.11. The lowest BCUT2D eigenvalue weighted by atomic mass is 10.2. The Morgan fingerprint density at radius 3 is 2.59 bits per heavy atom. The molecule has 0 aliphatic carbocycles. The van der Waals surface area contributed by atoms with Crippen molar-refractivity contribution in [3.63, 3.8) is 0 Å². The fourth-order valence-corrected chi connectivity index (χ4v) is 1.86. The van der Waals surface area contributed by atoms with Gasteiger partial charge in [-0.1, -0.05) is 23.8 Å². The zero-order valence-electron chi connectivity index (χ0n) is 13.0. The fraction of sp³-hybridized carbons (Fsp3) is 0.235. The largest absolute Gasteiger partial charge is 0.374 e. The number of carbonyl (C=O) groups is 1. The van der Waals surface area contributed by atoms with Crippen molar-refractivity contribution in [2.45, 2.75) is 26.8 Å². The van der Waals surface area contributed by atoms with E-state index in [1.165, 1.54) is 11.8 Å². The van der Waals surface area contributed by atoms with Gasteiger partial charge in [0.1, 0.15) is 6.04 Å². The molecule has 0 aliphatic heterocycles. The molecule has 5 heteroatoms. The number of benzene rings is 1. The number of hydrazone groups is 1. The third-order valence-corrected chi connectivity index (χ3v) is 3.11. The summed E-state index contributed by atoms with van der Waals surface area (Å²) in [5.41, 5.74) is 6.20. The van der Waals surface area contributed by atoms with Gasteiger partial charge in [-0.05, 0) is 45.0 Å². The second-order valence-electron chi connectivity index (χ2n) is 5.17. The van der Waals surface area contributed by atoms with Gasteiger partial charge in [-0.2, -0.15) is 5.10 Å². The number of rotatable bonds is 5. The van der Waals surface area contributed by atoms with Gasteiger partial charge in [0.2, 0.25) is 0 Å². The molecule has 22 heavy (non-hydrogen) atoms. The van der Waals surface area contributed by atoms with Crippen molar-refractivity contribution in [2.75, 3.05) is 5.32 Å². The van der Waals surface area contributed by atoms with Gasteiger partial charge in [0.25, 0.3) is 5.91 Å². The Morgan fingerprint density at radius 2 is 1.91 bits per heavy atom. The van der Waals surface area contributed by atoms with Gasteiger partial charge in [-0.3, -0.25) is 9.78 Å². The molecule has 0 fully saturated rings. The SMILES string of the molecule is Cc1ccc(NC(C)C(=O)NN=Cc2cccc(C)n2)cc1. The van der Waals surface area contributed by atoms with Crippen molar-refractivity contribution >= 4 is 17.8 Å². The maximum atomic E-state index is 12.0. The molecule has 114 valence electrons. The van der Waals surface area contributed by atoms with Gasteiger partial charge >= 0.3 is 0 Å². The van der Waals surface area contributed by atoms with E-state index in [0.29, 0.717) is 5.69 Å². The molecule has 2 N–H and O–H groups in total. The molecular formula is C17H20N4O. The second kappa shape index (κ2) is 7.36. The average molecular weight is 296 g/mol. The molecule has 1 aromatic carbocycles. The summed E-state index contributed by atoms with van der Waals surface area (Å²) < 4.78 is 0. The van der Waals surface area contributed by atoms with E-state index >= 15 is 0 Å². The van der Waals surface area contributed by atoms with Crippen LogP contribution in [0.1, 0.15) is 23.9 Å². The number of nitrogens with zero attached hydrogens (tertiary/aromatic N) is 2. The van der Waals surface area contributed by atoms with E-state index in [9.17, 15) is 4.79 Å². The van der Waals surface area contributed by atoms with Crippen LogP contribution in [0.4, 0.5) is 5.69 Å². The summed E-state index contributed by atoms with van der Waals surface area (Å²) in [6.07, 6.45) is 1.53. The Kier molecular flexibility index (Phi) is 5.25. The molecule has 2 rings (SSSR count). The first kappa shape index (κ1) is 15.7. The predicted octanol–water partition coefficient (Wildman–Crippen LogP) is 2.65. The molecule has 1 heterocycles. The Balaban J connectivity index is 1.87. The Morgan fingerprint density at radius 1 is 1.18 bits per heavy atom. The van der Waals surface area contributed by atoms with Crippen LogP contribution in [0.3, 0.4) is 0 Å². The molecule has 0 radical (unpaired) electrons. The number of pyridine rings is 1. The van der Waals surface area contributed by atoms with Crippen molar-refractivity contribution in [1.29, 1.82) is 0 Å². The van der Waals surface area contributed by atoms with Gasteiger partial charge < -0.3 is 5.32 Å². The first-order chi connectivity index (χ1) is 10.5. The van der Waals surface area contributed by atoms with E-state index in [0.717, 1.165) is 11.4 Å². The number of amides is 1. The topological polar surface area (TPSA) is 66.4 Å². The van der Waals surface area contributed by atoms with Crippen molar-refractivity contribution in [3.8, 4) is 0 Å². The lowest BCUT2D eigenvalue weighted by molar-refractivity contribution is -0.121. The fourth-order valence-electron chi connectivity index (χ4n) is 1.86. The molecule has 0 aliphatic rings. The van der Waals surface area contributed by atoms with Gasteiger partial charge in [-0.15, -0.1) is 0 Å². The number of aromatic nitrogens is 1. The Hall–Kier alpha value is -2.69. The Labute approximate surface area is 130 Å². The summed E-state index contributed by atoms with van der Waals surface area (Å²) in [5.74, 6) is -0.204. The molecule has 1 amide bonds. The third kappa shape index (κ3) is 4.70. The second-order valence-corrected chi connectivity index (χ2v) is 5.17. The van der Waals surface area contributed by atoms with E-state index in [4.69, 9.17) is 0 Å². The molecule has 1 atom stereocenters. The van der Waals surface area contributed by atoms with E-state index in [2.05, 4.69) is 20.8 Å². The number of hydrogen-bond acceptors (Lipinski definition) is 4. The third-order valence-electron chi connectivity index (χ3n) is 3.11. The zero-order chi connectivity index (χ0) is 15.9. The molecule has 2 aromatic rings. The summed E-state index contributed by atoms with van der Waals surface area (Å²) in [5, 5.41) is 7.06. The minimum Gasteiger partial charge on any atom is -0.374 e. The zero-order valence-corrected chi connectivity index (χ0v) is 13.0. The van der Waals surface area contributed by atoms with Gasteiger partial charge in [0.05, 0.1) is 11.9 Å². The van der Waals surface area contributed by atoms with Crippen LogP contribution >= 0.6 is 0 Å². The van der Waals surface area contributed by atoms with E-state index in [1.807, 2.05) is 56.3 Å². The number of anilines is 1. The van der Waals surface area contributed by atoms with Crippen LogP contribution in [0, 0.1) is 13.8 Å². The molecule has 0 bridgehead atoms. The predicted molar refractivity (Wildman–Crippen MR) is 89.0 cm³/mol. The summed E-state index contributed by atoms with van der Waals surface area (Å²) in [4.78, 5) is 16.2. The standard InChI is InChI=1S/C17H20N4O/c1-12-7-9-15(10-8-12)20-14(3)17(22)21-18-11-16-6-4-5-13(2)19-16/h4-11,14,20H,1-3H3,(H,21,22). The summed E-state index contributed by atoms with van der Waals surface area (Å²) in [6, 6.07) is 13.1. The highest BCUT2D eigenvalue weighted by atomic mass is 16.2. The van der Waals surface area contributed by atoms with E-state index in [-0.39, 0.29) is 11.9 Å². The van der Waals surface area contributed by atoms with Crippen LogP contribution in [-0.4, -0.2) is 23.1 Å². The molecule has 5 nitrogen and oxygen atoms in total. The molecule has 1 unspecified atom stereocenters. The number of carbonyl (C=O) groups excluding carboxylic acids is 1. The van der Waals surface area contributed by atoms with Crippen LogP contribution in [0.25, 0.3) is 0 Å². The van der Waals surface area contributed by atoms with Crippen LogP contribution < -0.4 is 10.7 Å². The molecular weight excluding hydrogens is 276 g/mol. The first-order valence-corrected chi connectivity index (χ1v) is 7.14. The lowest BCUT2D eigenvalue weighted by Gasteiger charge is -2.13. The van der Waals surface area contributed by atoms with Crippen molar-refractivity contribution in [1.82, 2.24) is 10.4 Å². The smallest absolute Gasteiger partial charge is 0.262 e. The van der Waals surface area contributed by atoms with Crippen molar-refractivity contribution in [2.24, 2.45) is 5.10 Å². The molecule has 0 saturated carbocycles. The van der Waals surface area contributed by atoms with Crippen LogP contribution in [-0.2, 0) is 4.79 Å². The lowest BCUT2D eigenvalue weighted by Crippen LogP contribution is -2.34. The number of aryl methyl sites for hydroxylation is 2. The Bertz CT molecular complexity index is 665. The van der Waals surface area contributed by atoms with Crippen molar-refractivity contribution in [3.05, 3.63) is 59.4 Å². The minimum absolute atomic E-state index is 0.204. The van der Waals surface area contributed by atoms with Crippen molar-refractivity contribution < 1.29 is 4.79 Å². The van der Waals surface area contributed by atoms with Gasteiger partial charge in [0, 0.05) is 11.4 Å². The first-order valence-electron chi connectivity index (χ1n) is 7.14. The number of hydrogen-bond donors (Lipinski definition) is 2. The highest BCUT2D eigenvalue weighted by molar-refractivity contribution is 5.85. The van der Waals surface area contributed by atoms with E-state index < -0.39 is 0 Å². The monoisotopic (exact) mass is 296 g/mol. The molecule has 0 saturated heterocycles. The summed E-state index contributed by atoms with van der Waals surface area (Å²) in [7, 11) is 0. The van der Waals surface area contributed by atoms with Crippen LogP contribution in [0.15, 0.2) is 47.6 Å². The maximum Gasteiger partial charge on any atom is 0.262 e. The van der Waals surface area contributed by atoms with Gasteiger partial charge in [-0.25, -0.2) is 5.43 Å². The normalized spacial score (nSPS) is 12.1. The molecule has 0 spiro atoms. The average Bonchev–Trinajstić information content (AvgIpc) is 2.49. The van der Waals surface area contributed by atoms with Crippen LogP contribution in [0.2, 0.25) is 0 Å². The van der Waals surface area contributed by atoms with Gasteiger partial charge in [0.15, 0.2) is 0 Å². The quantitative estimate of drug-likeness (QED) is 0.658. The summed E-state index contributed by atoms with van der Waals surface area (Å²) >= 11 is 0. The van der Waals surface area contributed by atoms with E-state index in [1.54, 1.807) is 6.92 Å². The molecule has 1 aromatic heterocycles.